The van der Waals surface area contributed by atoms with Crippen molar-refractivity contribution in [3.63, 3.8) is 0 Å². The number of rotatable bonds is 0. The summed E-state index contributed by atoms with van der Waals surface area (Å²) in [6.45, 7) is 0. The lowest BCUT2D eigenvalue weighted by molar-refractivity contribution is 0.505. The zero-order valence-electron chi connectivity index (χ0n) is 8.55. The van der Waals surface area contributed by atoms with Crippen LogP contribution in [0.3, 0.4) is 0 Å². The van der Waals surface area contributed by atoms with Gasteiger partial charge in [-0.15, -0.1) is 0 Å². The Morgan fingerprint density at radius 2 is 1.62 bits per heavy atom. The molecule has 1 aliphatic rings. The molecular formula is C14H10OS. The van der Waals surface area contributed by atoms with Crippen molar-refractivity contribution in [1.29, 1.82) is 0 Å². The number of benzene rings is 2. The molecule has 0 spiro atoms. The minimum Gasteiger partial charge on any atom is -0.507 e. The van der Waals surface area contributed by atoms with Crippen LogP contribution in [0.5, 0.6) is 0 Å². The van der Waals surface area contributed by atoms with E-state index in [0.717, 1.165) is 20.9 Å². The SMILES string of the molecule is OC1=c2ccccc2=CSc2ccccc21. The Bertz CT molecular complexity index is 658. The van der Waals surface area contributed by atoms with Crippen molar-refractivity contribution < 1.29 is 5.11 Å². The van der Waals surface area contributed by atoms with E-state index in [1.54, 1.807) is 11.8 Å². The topological polar surface area (TPSA) is 20.2 Å². The van der Waals surface area contributed by atoms with Gasteiger partial charge < -0.3 is 5.11 Å². The van der Waals surface area contributed by atoms with Crippen LogP contribution in [0.15, 0.2) is 53.4 Å². The van der Waals surface area contributed by atoms with Crippen molar-refractivity contribution >= 4 is 22.9 Å². The molecule has 1 heterocycles. The van der Waals surface area contributed by atoms with Gasteiger partial charge in [0.2, 0.25) is 0 Å². The summed E-state index contributed by atoms with van der Waals surface area (Å²) in [6.07, 6.45) is 0. The second-order valence-corrected chi connectivity index (χ2v) is 4.58. The molecule has 1 aliphatic heterocycles. The fourth-order valence-corrected chi connectivity index (χ4v) is 2.76. The van der Waals surface area contributed by atoms with E-state index in [-0.39, 0.29) is 0 Å². The van der Waals surface area contributed by atoms with Crippen LogP contribution in [0.2, 0.25) is 0 Å². The molecule has 1 nitrogen and oxygen atoms in total. The molecule has 0 bridgehead atoms. The summed E-state index contributed by atoms with van der Waals surface area (Å²) in [6, 6.07) is 15.8. The van der Waals surface area contributed by atoms with Crippen molar-refractivity contribution in [3.8, 4) is 0 Å². The Morgan fingerprint density at radius 1 is 0.875 bits per heavy atom. The zero-order chi connectivity index (χ0) is 11.0. The second-order valence-electron chi connectivity index (χ2n) is 3.67. The molecule has 2 aromatic rings. The van der Waals surface area contributed by atoms with Gasteiger partial charge in [-0.25, -0.2) is 0 Å². The normalized spacial score (nSPS) is 13.4. The van der Waals surface area contributed by atoms with Gasteiger partial charge in [-0.2, -0.15) is 0 Å². The Labute approximate surface area is 97.8 Å². The van der Waals surface area contributed by atoms with Gasteiger partial charge in [-0.05, 0) is 16.7 Å². The molecule has 78 valence electrons. The quantitative estimate of drug-likeness (QED) is 0.743. The van der Waals surface area contributed by atoms with E-state index >= 15 is 0 Å². The van der Waals surface area contributed by atoms with Crippen molar-refractivity contribution in [2.24, 2.45) is 0 Å². The monoisotopic (exact) mass is 226 g/mol. The van der Waals surface area contributed by atoms with Gasteiger partial charge >= 0.3 is 0 Å². The van der Waals surface area contributed by atoms with Crippen LogP contribution < -0.4 is 10.4 Å². The summed E-state index contributed by atoms with van der Waals surface area (Å²) in [7, 11) is 0. The van der Waals surface area contributed by atoms with Crippen LogP contribution in [0, 0.1) is 0 Å². The van der Waals surface area contributed by atoms with Crippen molar-refractivity contribution in [2.75, 3.05) is 0 Å². The summed E-state index contributed by atoms with van der Waals surface area (Å²) in [5, 5.41) is 14.3. The second kappa shape index (κ2) is 3.72. The minimum atomic E-state index is 0.368. The van der Waals surface area contributed by atoms with Crippen molar-refractivity contribution in [1.82, 2.24) is 0 Å². The maximum absolute atomic E-state index is 10.3. The van der Waals surface area contributed by atoms with Crippen LogP contribution in [0.4, 0.5) is 0 Å². The summed E-state index contributed by atoms with van der Waals surface area (Å²) in [5.41, 5.74) is 0.911. The van der Waals surface area contributed by atoms with Crippen LogP contribution in [-0.4, -0.2) is 5.11 Å². The molecule has 1 N–H and O–H groups in total. The van der Waals surface area contributed by atoms with E-state index in [2.05, 4.69) is 5.41 Å². The summed E-state index contributed by atoms with van der Waals surface area (Å²) in [4.78, 5) is 1.09. The van der Waals surface area contributed by atoms with Gasteiger partial charge in [-0.3, -0.25) is 0 Å². The molecule has 0 unspecified atom stereocenters. The average Bonchev–Trinajstić information content (AvgIpc) is 2.49. The van der Waals surface area contributed by atoms with E-state index < -0.39 is 0 Å². The number of thioether (sulfide) groups is 1. The lowest BCUT2D eigenvalue weighted by Gasteiger charge is -2.03. The fourth-order valence-electron chi connectivity index (χ4n) is 1.85. The predicted molar refractivity (Wildman–Crippen MR) is 67.6 cm³/mol. The van der Waals surface area contributed by atoms with Crippen LogP contribution in [0.25, 0.3) is 11.2 Å². The summed E-state index contributed by atoms with van der Waals surface area (Å²) < 4.78 is 0. The van der Waals surface area contributed by atoms with Crippen molar-refractivity contribution in [2.45, 2.75) is 4.90 Å². The van der Waals surface area contributed by atoms with Gasteiger partial charge in [0.25, 0.3) is 0 Å². The van der Waals surface area contributed by atoms with E-state index in [1.165, 1.54) is 0 Å². The van der Waals surface area contributed by atoms with Crippen molar-refractivity contribution in [3.05, 3.63) is 64.5 Å². The Balaban J connectivity index is 2.45. The highest BCUT2D eigenvalue weighted by atomic mass is 32.2. The lowest BCUT2D eigenvalue weighted by atomic mass is 10.1. The Morgan fingerprint density at radius 3 is 2.56 bits per heavy atom. The number of hydrogen-bond donors (Lipinski definition) is 1. The van der Waals surface area contributed by atoms with E-state index in [9.17, 15) is 5.11 Å². The fraction of sp³-hybridized carbons (Fsp3) is 0. The molecule has 0 saturated heterocycles. The zero-order valence-corrected chi connectivity index (χ0v) is 9.37. The van der Waals surface area contributed by atoms with E-state index in [0.29, 0.717) is 5.76 Å². The van der Waals surface area contributed by atoms with Crippen LogP contribution in [0.1, 0.15) is 5.56 Å². The molecule has 3 rings (SSSR count). The number of aliphatic hydroxyl groups is 1. The molecule has 0 aromatic heterocycles. The minimum absolute atomic E-state index is 0.368. The molecule has 0 fully saturated rings. The van der Waals surface area contributed by atoms with Gasteiger partial charge in [0.1, 0.15) is 5.76 Å². The third-order valence-electron chi connectivity index (χ3n) is 2.67. The first-order chi connectivity index (χ1) is 7.86. The van der Waals surface area contributed by atoms with Gasteiger partial charge in [0, 0.05) is 15.7 Å². The molecule has 16 heavy (non-hydrogen) atoms. The van der Waals surface area contributed by atoms with Gasteiger partial charge in [0.15, 0.2) is 0 Å². The third kappa shape index (κ3) is 1.42. The van der Waals surface area contributed by atoms with Crippen LogP contribution >= 0.6 is 11.8 Å². The van der Waals surface area contributed by atoms with Gasteiger partial charge in [-0.1, -0.05) is 54.2 Å². The summed E-state index contributed by atoms with van der Waals surface area (Å²) in [5.74, 6) is 0.368. The maximum atomic E-state index is 10.3. The first-order valence-electron chi connectivity index (χ1n) is 5.11. The first kappa shape index (κ1) is 9.55. The molecule has 2 aromatic carbocycles. The standard InChI is InChI=1S/C14H10OS/c15-14-11-6-2-1-5-10(11)9-16-13-8-4-3-7-12(13)14/h1-9,15H. The number of aliphatic hydroxyl groups excluding tert-OH is 1. The highest BCUT2D eigenvalue weighted by molar-refractivity contribution is 8.06. The van der Waals surface area contributed by atoms with Gasteiger partial charge in [0.05, 0.1) is 0 Å². The van der Waals surface area contributed by atoms with E-state index in [1.807, 2.05) is 48.5 Å². The molecule has 0 aliphatic carbocycles. The third-order valence-corrected chi connectivity index (χ3v) is 3.65. The average molecular weight is 226 g/mol. The Hall–Kier alpha value is -1.67. The molecule has 0 saturated carbocycles. The highest BCUT2D eigenvalue weighted by Gasteiger charge is 2.09. The smallest absolute Gasteiger partial charge is 0.131 e. The lowest BCUT2D eigenvalue weighted by Crippen LogP contribution is -2.25. The highest BCUT2D eigenvalue weighted by Crippen LogP contribution is 2.27. The predicted octanol–water partition coefficient (Wildman–Crippen LogP) is 2.24. The number of fused-ring (bicyclic) bond motifs is 2. The molecule has 0 atom stereocenters. The Kier molecular flexibility index (Phi) is 2.22. The molecule has 0 amide bonds. The molecule has 0 radical (unpaired) electrons. The molecular weight excluding hydrogens is 216 g/mol. The number of hydrogen-bond acceptors (Lipinski definition) is 2. The first-order valence-corrected chi connectivity index (χ1v) is 5.99. The van der Waals surface area contributed by atoms with E-state index in [4.69, 9.17) is 0 Å². The largest absolute Gasteiger partial charge is 0.507 e. The van der Waals surface area contributed by atoms with Crippen LogP contribution in [-0.2, 0) is 0 Å². The maximum Gasteiger partial charge on any atom is 0.131 e. The molecule has 2 heteroatoms. The summed E-state index contributed by atoms with van der Waals surface area (Å²) >= 11 is 1.65.